The highest BCUT2D eigenvalue weighted by Gasteiger charge is 2.24. The highest BCUT2D eigenvalue weighted by molar-refractivity contribution is 4.96. The van der Waals surface area contributed by atoms with Crippen molar-refractivity contribution in [2.45, 2.75) is 25.7 Å². The van der Waals surface area contributed by atoms with Crippen molar-refractivity contribution in [2.24, 2.45) is 5.73 Å². The van der Waals surface area contributed by atoms with Gasteiger partial charge in [0.05, 0.1) is 5.92 Å². The fourth-order valence-electron chi connectivity index (χ4n) is 2.12. The second-order valence-electron chi connectivity index (χ2n) is 4.11. The summed E-state index contributed by atoms with van der Waals surface area (Å²) in [5.74, 6) is 1.90. The Morgan fingerprint density at radius 2 is 2.47 bits per heavy atom. The Hall–Kier alpha value is -0.940. The number of hydrogen-bond acceptors (Lipinski definition) is 5. The topological polar surface area (TPSA) is 68.2 Å². The molecule has 1 saturated heterocycles. The summed E-state index contributed by atoms with van der Waals surface area (Å²) in [5.41, 5.74) is 5.55. The smallest absolute Gasteiger partial charge is 0.231 e. The van der Waals surface area contributed by atoms with Gasteiger partial charge >= 0.3 is 0 Å². The van der Waals surface area contributed by atoms with E-state index in [1.165, 1.54) is 6.42 Å². The maximum atomic E-state index is 5.55. The summed E-state index contributed by atoms with van der Waals surface area (Å²) >= 11 is 0. The van der Waals surface area contributed by atoms with Gasteiger partial charge in [0.2, 0.25) is 5.89 Å². The summed E-state index contributed by atoms with van der Waals surface area (Å²) in [6.45, 7) is 5.67. The molecule has 2 rings (SSSR count). The molecule has 2 heterocycles. The molecule has 1 aromatic heterocycles. The van der Waals surface area contributed by atoms with Crippen molar-refractivity contribution >= 4 is 0 Å². The molecule has 0 saturated carbocycles. The minimum absolute atomic E-state index is 0.395. The lowest BCUT2D eigenvalue weighted by atomic mass is 9.98. The first-order valence-corrected chi connectivity index (χ1v) is 5.52. The molecule has 1 fully saturated rings. The van der Waals surface area contributed by atoms with Crippen molar-refractivity contribution in [1.82, 2.24) is 15.0 Å². The lowest BCUT2D eigenvalue weighted by Gasteiger charge is -2.30. The number of rotatable bonds is 3. The van der Waals surface area contributed by atoms with Crippen LogP contribution in [-0.4, -0.2) is 41.2 Å². The zero-order chi connectivity index (χ0) is 10.7. The maximum absolute atomic E-state index is 5.55. The van der Waals surface area contributed by atoms with Crippen LogP contribution in [0, 0.1) is 6.92 Å². The largest absolute Gasteiger partial charge is 0.339 e. The zero-order valence-corrected chi connectivity index (χ0v) is 9.15. The van der Waals surface area contributed by atoms with E-state index in [0.29, 0.717) is 5.92 Å². The third kappa shape index (κ3) is 2.54. The second kappa shape index (κ2) is 4.72. The molecule has 0 aromatic carbocycles. The third-order valence-electron chi connectivity index (χ3n) is 2.84. The lowest BCUT2D eigenvalue weighted by molar-refractivity contribution is 0.191. The molecule has 1 aliphatic rings. The number of likely N-dealkylation sites (tertiary alicyclic amines) is 1. The zero-order valence-electron chi connectivity index (χ0n) is 9.15. The van der Waals surface area contributed by atoms with Crippen molar-refractivity contribution in [1.29, 1.82) is 0 Å². The Morgan fingerprint density at radius 1 is 1.60 bits per heavy atom. The van der Waals surface area contributed by atoms with Gasteiger partial charge in [0.25, 0.3) is 0 Å². The number of aryl methyl sites for hydroxylation is 1. The van der Waals surface area contributed by atoms with Crippen molar-refractivity contribution in [3.8, 4) is 0 Å². The number of nitrogens with two attached hydrogens (primary N) is 1. The van der Waals surface area contributed by atoms with Crippen LogP contribution in [0.3, 0.4) is 0 Å². The molecule has 0 amide bonds. The first kappa shape index (κ1) is 10.6. The SMILES string of the molecule is Cc1noc(C2CCCN(CCN)C2)n1. The molecule has 0 spiro atoms. The Morgan fingerprint density at radius 3 is 3.13 bits per heavy atom. The fourth-order valence-corrected chi connectivity index (χ4v) is 2.12. The Labute approximate surface area is 89.6 Å². The lowest BCUT2D eigenvalue weighted by Crippen LogP contribution is -2.37. The van der Waals surface area contributed by atoms with Gasteiger partial charge in [-0.3, -0.25) is 0 Å². The average molecular weight is 210 g/mol. The Bertz CT molecular complexity index is 310. The number of nitrogens with zero attached hydrogens (tertiary/aromatic N) is 3. The highest BCUT2D eigenvalue weighted by Crippen LogP contribution is 2.25. The van der Waals surface area contributed by atoms with Crippen LogP contribution < -0.4 is 5.73 Å². The van der Waals surface area contributed by atoms with E-state index in [1.807, 2.05) is 6.92 Å². The van der Waals surface area contributed by atoms with Crippen LogP contribution >= 0.6 is 0 Å². The normalized spacial score (nSPS) is 23.2. The van der Waals surface area contributed by atoms with Gasteiger partial charge < -0.3 is 15.2 Å². The number of aromatic nitrogens is 2. The molecule has 15 heavy (non-hydrogen) atoms. The summed E-state index contributed by atoms with van der Waals surface area (Å²) in [7, 11) is 0. The van der Waals surface area contributed by atoms with E-state index >= 15 is 0 Å². The van der Waals surface area contributed by atoms with E-state index in [-0.39, 0.29) is 0 Å². The van der Waals surface area contributed by atoms with Gasteiger partial charge in [-0.2, -0.15) is 4.98 Å². The van der Waals surface area contributed by atoms with E-state index in [2.05, 4.69) is 15.0 Å². The quantitative estimate of drug-likeness (QED) is 0.787. The molecule has 5 heteroatoms. The molecule has 5 nitrogen and oxygen atoms in total. The molecule has 0 aliphatic carbocycles. The molecule has 0 bridgehead atoms. The number of piperidine rings is 1. The minimum Gasteiger partial charge on any atom is -0.339 e. The van der Waals surface area contributed by atoms with E-state index in [4.69, 9.17) is 10.3 Å². The average Bonchev–Trinajstić information content (AvgIpc) is 2.66. The van der Waals surface area contributed by atoms with Crippen molar-refractivity contribution in [3.63, 3.8) is 0 Å². The Balaban J connectivity index is 1.98. The van der Waals surface area contributed by atoms with Crippen LogP contribution in [0.5, 0.6) is 0 Å². The van der Waals surface area contributed by atoms with Gasteiger partial charge in [-0.15, -0.1) is 0 Å². The fraction of sp³-hybridized carbons (Fsp3) is 0.800. The predicted molar refractivity (Wildman–Crippen MR) is 56.5 cm³/mol. The van der Waals surface area contributed by atoms with Crippen LogP contribution in [0.4, 0.5) is 0 Å². The maximum Gasteiger partial charge on any atom is 0.231 e. The monoisotopic (exact) mass is 210 g/mol. The molecule has 1 aromatic rings. The van der Waals surface area contributed by atoms with E-state index in [9.17, 15) is 0 Å². The van der Waals surface area contributed by atoms with Gasteiger partial charge in [-0.1, -0.05) is 5.16 Å². The van der Waals surface area contributed by atoms with Crippen molar-refractivity contribution in [2.75, 3.05) is 26.2 Å². The van der Waals surface area contributed by atoms with Gasteiger partial charge in [0.15, 0.2) is 5.82 Å². The molecule has 84 valence electrons. The van der Waals surface area contributed by atoms with Crippen LogP contribution in [0.1, 0.15) is 30.5 Å². The van der Waals surface area contributed by atoms with Crippen LogP contribution in [0.2, 0.25) is 0 Å². The van der Waals surface area contributed by atoms with Crippen LogP contribution in [0.25, 0.3) is 0 Å². The van der Waals surface area contributed by atoms with Crippen molar-refractivity contribution in [3.05, 3.63) is 11.7 Å². The minimum atomic E-state index is 0.395. The predicted octanol–water partition coefficient (Wildman–Crippen LogP) is 0.516. The van der Waals surface area contributed by atoms with E-state index in [1.54, 1.807) is 0 Å². The number of hydrogen-bond donors (Lipinski definition) is 1. The molecule has 2 N–H and O–H groups in total. The molecular formula is C10H18N4O. The van der Waals surface area contributed by atoms with Gasteiger partial charge in [-0.05, 0) is 26.3 Å². The molecule has 1 atom stereocenters. The summed E-state index contributed by atoms with van der Waals surface area (Å²) in [6, 6.07) is 0. The molecular weight excluding hydrogens is 192 g/mol. The third-order valence-corrected chi connectivity index (χ3v) is 2.84. The summed E-state index contributed by atoms with van der Waals surface area (Å²) in [6.07, 6.45) is 2.33. The van der Waals surface area contributed by atoms with Gasteiger partial charge in [-0.25, -0.2) is 0 Å². The Kier molecular flexibility index (Phi) is 3.33. The first-order valence-electron chi connectivity index (χ1n) is 5.52. The summed E-state index contributed by atoms with van der Waals surface area (Å²) < 4.78 is 5.21. The summed E-state index contributed by atoms with van der Waals surface area (Å²) in [5, 5.41) is 3.83. The summed E-state index contributed by atoms with van der Waals surface area (Å²) in [4.78, 5) is 6.66. The highest BCUT2D eigenvalue weighted by atomic mass is 16.5. The van der Waals surface area contributed by atoms with Crippen molar-refractivity contribution < 1.29 is 4.52 Å². The molecule has 0 radical (unpaired) electrons. The molecule has 1 aliphatic heterocycles. The van der Waals surface area contributed by atoms with E-state index < -0.39 is 0 Å². The van der Waals surface area contributed by atoms with Crippen LogP contribution in [-0.2, 0) is 0 Å². The second-order valence-corrected chi connectivity index (χ2v) is 4.11. The van der Waals surface area contributed by atoms with E-state index in [0.717, 1.165) is 44.3 Å². The van der Waals surface area contributed by atoms with Crippen LogP contribution in [0.15, 0.2) is 4.52 Å². The van der Waals surface area contributed by atoms with Gasteiger partial charge in [0.1, 0.15) is 0 Å². The molecule has 1 unspecified atom stereocenters. The first-order chi connectivity index (χ1) is 7.29. The van der Waals surface area contributed by atoms with Gasteiger partial charge in [0, 0.05) is 19.6 Å². The standard InChI is InChI=1S/C10H18N4O/c1-8-12-10(15-13-8)9-3-2-5-14(7-9)6-4-11/h9H,2-7,11H2,1H3.